The second-order valence-electron chi connectivity index (χ2n) is 2.62. The molecule has 1 heterocycles. The molecule has 2 rings (SSSR count). The fourth-order valence-electron chi connectivity index (χ4n) is 1.16. The van der Waals surface area contributed by atoms with Crippen molar-refractivity contribution in [2.45, 2.75) is 0 Å². The van der Waals surface area contributed by atoms with E-state index in [1.165, 1.54) is 6.07 Å². The van der Waals surface area contributed by atoms with Crippen molar-refractivity contribution in [2.24, 2.45) is 0 Å². The maximum atomic E-state index is 13.0. The van der Waals surface area contributed by atoms with Crippen LogP contribution in [0.4, 0.5) is 14.7 Å². The van der Waals surface area contributed by atoms with E-state index in [1.807, 2.05) is 0 Å². The van der Waals surface area contributed by atoms with Crippen LogP contribution in [-0.4, -0.2) is 17.0 Å². The molecule has 3 nitrogen and oxygen atoms in total. The van der Waals surface area contributed by atoms with Gasteiger partial charge in [0, 0.05) is 13.1 Å². The zero-order valence-electron chi connectivity index (χ0n) is 6.86. The first-order valence-corrected chi connectivity index (χ1v) is 3.73. The van der Waals surface area contributed by atoms with E-state index in [1.54, 1.807) is 7.05 Å². The predicted molar refractivity (Wildman–Crippen MR) is 45.6 cm³/mol. The molecule has 0 unspecified atom stereocenters. The minimum Gasteiger partial charge on any atom is -0.359 e. The van der Waals surface area contributed by atoms with Gasteiger partial charge in [0.05, 0.1) is 5.52 Å². The third-order valence-electron chi connectivity index (χ3n) is 1.74. The van der Waals surface area contributed by atoms with Gasteiger partial charge in [0.15, 0.2) is 5.82 Å². The SMILES string of the molecule is CNc1nc2c(F)cc(F)cc2[nH]1. The molecule has 0 aliphatic heterocycles. The van der Waals surface area contributed by atoms with E-state index in [9.17, 15) is 8.78 Å². The Kier molecular flexibility index (Phi) is 1.65. The summed E-state index contributed by atoms with van der Waals surface area (Å²) < 4.78 is 25.7. The molecule has 0 atom stereocenters. The average molecular weight is 183 g/mol. The van der Waals surface area contributed by atoms with Gasteiger partial charge in [-0.05, 0) is 6.07 Å². The normalized spacial score (nSPS) is 10.7. The number of nitrogens with zero attached hydrogens (tertiary/aromatic N) is 1. The number of imidazole rings is 1. The summed E-state index contributed by atoms with van der Waals surface area (Å²) >= 11 is 0. The molecule has 0 saturated carbocycles. The van der Waals surface area contributed by atoms with E-state index in [2.05, 4.69) is 15.3 Å². The van der Waals surface area contributed by atoms with E-state index in [0.717, 1.165) is 6.07 Å². The van der Waals surface area contributed by atoms with Crippen molar-refractivity contribution < 1.29 is 8.78 Å². The maximum absolute atomic E-state index is 13.0. The molecule has 0 fully saturated rings. The Morgan fingerprint density at radius 3 is 2.85 bits per heavy atom. The van der Waals surface area contributed by atoms with Crippen LogP contribution >= 0.6 is 0 Å². The van der Waals surface area contributed by atoms with Crippen molar-refractivity contribution in [3.63, 3.8) is 0 Å². The Morgan fingerprint density at radius 1 is 1.38 bits per heavy atom. The summed E-state index contributed by atoms with van der Waals surface area (Å²) in [5, 5.41) is 2.71. The van der Waals surface area contributed by atoms with Gasteiger partial charge in [-0.2, -0.15) is 0 Å². The Bertz CT molecular complexity index is 450. The van der Waals surface area contributed by atoms with Crippen molar-refractivity contribution in [2.75, 3.05) is 12.4 Å². The van der Waals surface area contributed by atoms with Gasteiger partial charge in [-0.1, -0.05) is 0 Å². The monoisotopic (exact) mass is 183 g/mol. The number of benzene rings is 1. The highest BCUT2D eigenvalue weighted by molar-refractivity contribution is 5.78. The van der Waals surface area contributed by atoms with Crippen LogP contribution in [0, 0.1) is 11.6 Å². The topological polar surface area (TPSA) is 40.7 Å². The Hall–Kier alpha value is -1.65. The lowest BCUT2D eigenvalue weighted by Crippen LogP contribution is -1.88. The molecule has 1 aromatic heterocycles. The maximum Gasteiger partial charge on any atom is 0.201 e. The van der Waals surface area contributed by atoms with E-state index < -0.39 is 11.6 Å². The van der Waals surface area contributed by atoms with Crippen molar-refractivity contribution in [1.29, 1.82) is 0 Å². The van der Waals surface area contributed by atoms with Gasteiger partial charge in [-0.3, -0.25) is 0 Å². The van der Waals surface area contributed by atoms with Crippen LogP contribution in [0.1, 0.15) is 0 Å². The molecule has 0 amide bonds. The molecule has 0 radical (unpaired) electrons. The predicted octanol–water partition coefficient (Wildman–Crippen LogP) is 1.88. The number of rotatable bonds is 1. The molecule has 1 aromatic carbocycles. The van der Waals surface area contributed by atoms with E-state index in [-0.39, 0.29) is 5.52 Å². The fourth-order valence-corrected chi connectivity index (χ4v) is 1.16. The number of nitrogens with one attached hydrogen (secondary N) is 2. The summed E-state index contributed by atoms with van der Waals surface area (Å²) in [5.74, 6) is -0.858. The largest absolute Gasteiger partial charge is 0.359 e. The average Bonchev–Trinajstić information content (AvgIpc) is 2.47. The summed E-state index contributed by atoms with van der Waals surface area (Å²) in [4.78, 5) is 6.59. The summed E-state index contributed by atoms with van der Waals surface area (Å²) in [6, 6.07) is 2.01. The first-order valence-electron chi connectivity index (χ1n) is 3.73. The highest BCUT2D eigenvalue weighted by Crippen LogP contribution is 2.18. The zero-order chi connectivity index (χ0) is 9.42. The van der Waals surface area contributed by atoms with Gasteiger partial charge >= 0.3 is 0 Å². The summed E-state index contributed by atoms with van der Waals surface area (Å²) in [5.41, 5.74) is 0.493. The van der Waals surface area contributed by atoms with Crippen LogP contribution < -0.4 is 5.32 Å². The number of aromatic amines is 1. The highest BCUT2D eigenvalue weighted by atomic mass is 19.1. The molecule has 0 saturated heterocycles. The Labute approximate surface area is 72.8 Å². The first-order chi connectivity index (χ1) is 6.20. The summed E-state index contributed by atoms with van der Waals surface area (Å²) in [6.45, 7) is 0. The number of halogens is 2. The molecule has 13 heavy (non-hydrogen) atoms. The first kappa shape index (κ1) is 7.97. The zero-order valence-corrected chi connectivity index (χ0v) is 6.86. The molecule has 0 aliphatic carbocycles. The number of hydrogen-bond acceptors (Lipinski definition) is 2. The van der Waals surface area contributed by atoms with E-state index in [0.29, 0.717) is 11.5 Å². The molecule has 5 heteroatoms. The lowest BCUT2D eigenvalue weighted by atomic mass is 10.3. The number of anilines is 1. The molecular formula is C8H7F2N3. The van der Waals surface area contributed by atoms with Crippen molar-refractivity contribution >= 4 is 17.0 Å². The van der Waals surface area contributed by atoms with Crippen LogP contribution in [0.5, 0.6) is 0 Å². The van der Waals surface area contributed by atoms with Crippen molar-refractivity contribution in [3.05, 3.63) is 23.8 Å². The number of H-pyrrole nitrogens is 1. The smallest absolute Gasteiger partial charge is 0.201 e. The summed E-state index contributed by atoms with van der Waals surface area (Å²) in [6.07, 6.45) is 0. The Balaban J connectivity index is 2.75. The number of aromatic nitrogens is 2. The van der Waals surface area contributed by atoms with Gasteiger partial charge < -0.3 is 10.3 Å². The van der Waals surface area contributed by atoms with Gasteiger partial charge in [0.25, 0.3) is 0 Å². The molecule has 0 bridgehead atoms. The number of hydrogen-bond donors (Lipinski definition) is 2. The van der Waals surface area contributed by atoms with Crippen molar-refractivity contribution in [1.82, 2.24) is 9.97 Å². The quantitative estimate of drug-likeness (QED) is 0.708. The molecule has 0 aliphatic rings. The lowest BCUT2D eigenvalue weighted by Gasteiger charge is -1.90. The Morgan fingerprint density at radius 2 is 2.15 bits per heavy atom. The standard InChI is InChI=1S/C8H7F2N3/c1-11-8-12-6-3-4(9)2-5(10)7(6)13-8/h2-3H,1H3,(H2,11,12,13). The van der Waals surface area contributed by atoms with Gasteiger partial charge in [-0.25, -0.2) is 13.8 Å². The third kappa shape index (κ3) is 1.22. The van der Waals surface area contributed by atoms with E-state index in [4.69, 9.17) is 0 Å². The third-order valence-corrected chi connectivity index (χ3v) is 1.74. The van der Waals surface area contributed by atoms with Gasteiger partial charge in [0.1, 0.15) is 11.3 Å². The highest BCUT2D eigenvalue weighted by Gasteiger charge is 2.08. The second-order valence-corrected chi connectivity index (χ2v) is 2.62. The molecule has 2 N–H and O–H groups in total. The van der Waals surface area contributed by atoms with Crippen LogP contribution in [0.25, 0.3) is 11.0 Å². The van der Waals surface area contributed by atoms with E-state index >= 15 is 0 Å². The minimum absolute atomic E-state index is 0.144. The van der Waals surface area contributed by atoms with Crippen LogP contribution in [0.15, 0.2) is 12.1 Å². The van der Waals surface area contributed by atoms with Crippen LogP contribution in [-0.2, 0) is 0 Å². The van der Waals surface area contributed by atoms with Crippen molar-refractivity contribution in [3.8, 4) is 0 Å². The molecule has 68 valence electrons. The molecule has 2 aromatic rings. The minimum atomic E-state index is -0.659. The van der Waals surface area contributed by atoms with Gasteiger partial charge in [-0.15, -0.1) is 0 Å². The second kappa shape index (κ2) is 2.69. The van der Waals surface area contributed by atoms with Gasteiger partial charge in [0.2, 0.25) is 5.95 Å². The molecule has 0 spiro atoms. The van der Waals surface area contributed by atoms with Crippen LogP contribution in [0.3, 0.4) is 0 Å². The number of fused-ring (bicyclic) bond motifs is 1. The fraction of sp³-hybridized carbons (Fsp3) is 0.125. The molecular weight excluding hydrogens is 176 g/mol. The van der Waals surface area contributed by atoms with Crippen LogP contribution in [0.2, 0.25) is 0 Å². The lowest BCUT2D eigenvalue weighted by molar-refractivity contribution is 0.591. The summed E-state index contributed by atoms with van der Waals surface area (Å²) in [7, 11) is 1.64.